The summed E-state index contributed by atoms with van der Waals surface area (Å²) in [6.07, 6.45) is 55.2. The first-order valence-corrected chi connectivity index (χ1v) is 24.6. The topological polar surface area (TPSA) is 78.9 Å². The maximum Gasteiger partial charge on any atom is 0.306 e. The zero-order chi connectivity index (χ0) is 42.3. The lowest BCUT2D eigenvalue weighted by Gasteiger charge is -2.18. The van der Waals surface area contributed by atoms with E-state index in [2.05, 4.69) is 69.4 Å². The van der Waals surface area contributed by atoms with E-state index in [-0.39, 0.29) is 31.1 Å². The summed E-state index contributed by atoms with van der Waals surface area (Å²) in [7, 11) is 0. The smallest absolute Gasteiger partial charge is 0.306 e. The van der Waals surface area contributed by atoms with Crippen molar-refractivity contribution in [3.63, 3.8) is 0 Å². The molecular weight excluding hydrogens is 721 g/mol. The minimum Gasteiger partial charge on any atom is -0.462 e. The highest BCUT2D eigenvalue weighted by Crippen LogP contribution is 2.15. The number of carbonyl (C=O) groups is 3. The molecule has 58 heavy (non-hydrogen) atoms. The average Bonchev–Trinajstić information content (AvgIpc) is 3.22. The van der Waals surface area contributed by atoms with Crippen LogP contribution in [-0.2, 0) is 28.6 Å². The molecule has 0 radical (unpaired) electrons. The zero-order valence-electron chi connectivity index (χ0n) is 38.3. The molecule has 0 saturated heterocycles. The molecular formula is C52H92O6. The van der Waals surface area contributed by atoms with Crippen LogP contribution in [0, 0.1) is 0 Å². The van der Waals surface area contributed by atoms with Gasteiger partial charge in [-0.25, -0.2) is 0 Å². The van der Waals surface area contributed by atoms with Crippen LogP contribution < -0.4 is 0 Å². The number of carbonyl (C=O) groups excluding carboxylic acids is 3. The van der Waals surface area contributed by atoms with Gasteiger partial charge in [-0.3, -0.25) is 14.4 Å². The molecule has 6 nitrogen and oxygen atoms in total. The first-order valence-electron chi connectivity index (χ1n) is 24.6. The van der Waals surface area contributed by atoms with Crippen LogP contribution in [0.15, 0.2) is 48.6 Å². The summed E-state index contributed by atoms with van der Waals surface area (Å²) in [5.74, 6) is -0.902. The molecule has 1 atom stereocenters. The maximum atomic E-state index is 12.8. The van der Waals surface area contributed by atoms with E-state index >= 15 is 0 Å². The lowest BCUT2D eigenvalue weighted by molar-refractivity contribution is -0.167. The molecule has 6 heteroatoms. The van der Waals surface area contributed by atoms with E-state index in [9.17, 15) is 14.4 Å². The molecule has 0 aromatic rings. The van der Waals surface area contributed by atoms with Gasteiger partial charge in [0.25, 0.3) is 0 Å². The van der Waals surface area contributed by atoms with Crippen LogP contribution in [0.2, 0.25) is 0 Å². The number of hydrogen-bond donors (Lipinski definition) is 0. The van der Waals surface area contributed by atoms with Crippen LogP contribution in [0.25, 0.3) is 0 Å². The number of rotatable bonds is 44. The van der Waals surface area contributed by atoms with E-state index in [1.807, 2.05) is 0 Å². The molecule has 336 valence electrons. The van der Waals surface area contributed by atoms with Crippen molar-refractivity contribution in [3.05, 3.63) is 48.6 Å². The number of esters is 3. The first kappa shape index (κ1) is 55.4. The van der Waals surface area contributed by atoms with Gasteiger partial charge < -0.3 is 14.2 Å². The second-order valence-corrected chi connectivity index (χ2v) is 16.3. The third kappa shape index (κ3) is 44.5. The highest BCUT2D eigenvalue weighted by molar-refractivity contribution is 5.71. The molecule has 0 aliphatic carbocycles. The van der Waals surface area contributed by atoms with Crippen LogP contribution in [0.3, 0.4) is 0 Å². The maximum absolute atomic E-state index is 12.8. The van der Waals surface area contributed by atoms with Crippen LogP contribution in [0.1, 0.15) is 245 Å². The normalized spacial score (nSPS) is 12.4. The molecule has 0 bridgehead atoms. The molecule has 0 rings (SSSR count). The SMILES string of the molecule is CC/C=C\C/C=C\C/C=C\CCCCCCCC(=O)OC[C@@H](COC(=O)CCCCCCC/C=C\CCCCC)OC(=O)CCCCCCCCCCCCCCC. The molecule has 0 aromatic carbocycles. The van der Waals surface area contributed by atoms with Gasteiger partial charge in [0.15, 0.2) is 6.10 Å². The minimum atomic E-state index is -0.779. The Morgan fingerprint density at radius 2 is 0.672 bits per heavy atom. The van der Waals surface area contributed by atoms with Crippen molar-refractivity contribution >= 4 is 17.9 Å². The summed E-state index contributed by atoms with van der Waals surface area (Å²) in [5, 5.41) is 0. The van der Waals surface area contributed by atoms with Gasteiger partial charge in [0.2, 0.25) is 0 Å². The van der Waals surface area contributed by atoms with Gasteiger partial charge in [0, 0.05) is 19.3 Å². The Morgan fingerprint density at radius 1 is 0.362 bits per heavy atom. The van der Waals surface area contributed by atoms with E-state index in [1.165, 1.54) is 103 Å². The lowest BCUT2D eigenvalue weighted by atomic mass is 10.0. The fraction of sp³-hybridized carbons (Fsp3) is 0.788. The number of hydrogen-bond acceptors (Lipinski definition) is 6. The Kier molecular flexibility index (Phi) is 44.9. The van der Waals surface area contributed by atoms with Gasteiger partial charge >= 0.3 is 17.9 Å². The molecule has 0 aliphatic rings. The van der Waals surface area contributed by atoms with Gasteiger partial charge in [0.1, 0.15) is 13.2 Å². The third-order valence-corrected chi connectivity index (χ3v) is 10.6. The molecule has 0 N–H and O–H groups in total. The summed E-state index contributed by atoms with van der Waals surface area (Å²) >= 11 is 0. The fourth-order valence-corrected chi connectivity index (χ4v) is 6.86. The molecule has 0 spiro atoms. The summed E-state index contributed by atoms with van der Waals surface area (Å²) in [5.41, 5.74) is 0. The van der Waals surface area contributed by atoms with E-state index in [1.54, 1.807) is 0 Å². The summed E-state index contributed by atoms with van der Waals surface area (Å²) in [4.78, 5) is 37.9. The van der Waals surface area contributed by atoms with Crippen molar-refractivity contribution in [2.45, 2.75) is 252 Å². The van der Waals surface area contributed by atoms with E-state index < -0.39 is 6.10 Å². The average molecular weight is 813 g/mol. The Bertz CT molecular complexity index is 1030. The molecule has 0 aliphatic heterocycles. The highest BCUT2D eigenvalue weighted by Gasteiger charge is 2.19. The minimum absolute atomic E-state index is 0.0813. The van der Waals surface area contributed by atoms with Crippen molar-refractivity contribution in [1.82, 2.24) is 0 Å². The van der Waals surface area contributed by atoms with E-state index in [0.29, 0.717) is 19.3 Å². The van der Waals surface area contributed by atoms with Crippen molar-refractivity contribution in [3.8, 4) is 0 Å². The molecule has 0 unspecified atom stereocenters. The van der Waals surface area contributed by atoms with Crippen molar-refractivity contribution < 1.29 is 28.6 Å². The lowest BCUT2D eigenvalue weighted by Crippen LogP contribution is -2.30. The summed E-state index contributed by atoms with van der Waals surface area (Å²) in [6, 6.07) is 0. The largest absolute Gasteiger partial charge is 0.462 e. The standard InChI is InChI=1S/C52H92O6/c1-4-7-10-13-16-19-22-25-26-28-30-33-36-39-42-45-51(54)57-48-49(47-56-50(53)44-41-38-35-32-29-24-21-18-15-12-9-6-3)58-52(55)46-43-40-37-34-31-27-23-20-17-14-11-8-5-2/h7,10,16,18-19,21,25-26,49H,4-6,8-9,11-15,17,20,22-24,27-48H2,1-3H3/b10-7-,19-16-,21-18-,26-25-/t49-/m1/s1. The van der Waals surface area contributed by atoms with Gasteiger partial charge in [-0.15, -0.1) is 0 Å². The van der Waals surface area contributed by atoms with E-state index in [4.69, 9.17) is 14.2 Å². The van der Waals surface area contributed by atoms with Crippen molar-refractivity contribution in [2.24, 2.45) is 0 Å². The predicted octanol–water partition coefficient (Wildman–Crippen LogP) is 15.9. The monoisotopic (exact) mass is 813 g/mol. The van der Waals surface area contributed by atoms with Crippen LogP contribution in [0.5, 0.6) is 0 Å². The third-order valence-electron chi connectivity index (χ3n) is 10.6. The van der Waals surface area contributed by atoms with Crippen molar-refractivity contribution in [2.75, 3.05) is 13.2 Å². The van der Waals surface area contributed by atoms with Crippen LogP contribution in [0.4, 0.5) is 0 Å². The summed E-state index contributed by atoms with van der Waals surface area (Å²) < 4.78 is 16.7. The van der Waals surface area contributed by atoms with Crippen molar-refractivity contribution in [1.29, 1.82) is 0 Å². The van der Waals surface area contributed by atoms with E-state index in [0.717, 1.165) is 103 Å². The highest BCUT2D eigenvalue weighted by atomic mass is 16.6. The number of allylic oxidation sites excluding steroid dienone is 8. The van der Waals surface area contributed by atoms with Gasteiger partial charge in [0.05, 0.1) is 0 Å². The second-order valence-electron chi connectivity index (χ2n) is 16.3. The van der Waals surface area contributed by atoms with Crippen LogP contribution in [-0.4, -0.2) is 37.2 Å². The quantitative estimate of drug-likeness (QED) is 0.0264. The Balaban J connectivity index is 4.40. The van der Waals surface area contributed by atoms with Gasteiger partial charge in [-0.2, -0.15) is 0 Å². The van der Waals surface area contributed by atoms with Gasteiger partial charge in [-0.1, -0.05) is 198 Å². The predicted molar refractivity (Wildman–Crippen MR) is 247 cm³/mol. The molecule has 0 amide bonds. The molecule has 0 aromatic heterocycles. The Hall–Kier alpha value is -2.63. The zero-order valence-corrected chi connectivity index (χ0v) is 38.3. The fourth-order valence-electron chi connectivity index (χ4n) is 6.86. The Labute approximate surface area is 358 Å². The summed E-state index contributed by atoms with van der Waals surface area (Å²) in [6.45, 7) is 6.48. The number of unbranched alkanes of at least 4 members (excludes halogenated alkanes) is 25. The van der Waals surface area contributed by atoms with Gasteiger partial charge in [-0.05, 0) is 77.0 Å². The molecule has 0 fully saturated rings. The second kappa shape index (κ2) is 47.1. The first-order chi connectivity index (χ1) is 28.5. The van der Waals surface area contributed by atoms with Crippen LogP contribution >= 0.6 is 0 Å². The molecule has 0 heterocycles. The number of ether oxygens (including phenoxy) is 3. The Morgan fingerprint density at radius 3 is 1.10 bits per heavy atom. The molecule has 0 saturated carbocycles.